The number of ether oxygens (including phenoxy) is 2. The van der Waals surface area contributed by atoms with Crippen LogP contribution in [0.15, 0.2) is 41.4 Å². The number of hydrogen-bond acceptors (Lipinski definition) is 4. The summed E-state index contributed by atoms with van der Waals surface area (Å²) in [6.07, 6.45) is 0.121. The summed E-state index contributed by atoms with van der Waals surface area (Å²) >= 11 is 0. The molecule has 2 aromatic rings. The number of fused-ring (bicyclic) bond motifs is 3. The Morgan fingerprint density at radius 1 is 1.14 bits per heavy atom. The van der Waals surface area contributed by atoms with Crippen molar-refractivity contribution in [2.75, 3.05) is 6.79 Å². The number of rotatable bonds is 1. The van der Waals surface area contributed by atoms with Crippen LogP contribution >= 0.6 is 0 Å². The van der Waals surface area contributed by atoms with E-state index in [0.717, 1.165) is 0 Å². The molecule has 21 heavy (non-hydrogen) atoms. The van der Waals surface area contributed by atoms with Crippen LogP contribution in [0.1, 0.15) is 22.3 Å². The molecule has 2 aliphatic rings. The second-order valence-corrected chi connectivity index (χ2v) is 4.86. The van der Waals surface area contributed by atoms with Gasteiger partial charge in [0, 0.05) is 0 Å². The number of nitrogens with zero attached hydrogens (tertiary/aromatic N) is 1. The van der Waals surface area contributed by atoms with Crippen LogP contribution in [0.4, 0.5) is 10.1 Å². The lowest BCUT2D eigenvalue weighted by Gasteiger charge is -2.16. The summed E-state index contributed by atoms with van der Waals surface area (Å²) in [5.74, 6) is 0.576. The summed E-state index contributed by atoms with van der Waals surface area (Å²) in [6, 6.07) is 9.54. The van der Waals surface area contributed by atoms with Gasteiger partial charge in [0.15, 0.2) is 17.3 Å². The van der Waals surface area contributed by atoms with Gasteiger partial charge in [-0.15, -0.1) is 0 Å². The fourth-order valence-electron chi connectivity index (χ4n) is 2.58. The number of benzene rings is 2. The van der Waals surface area contributed by atoms with Gasteiger partial charge < -0.3 is 9.47 Å². The largest absolute Gasteiger partial charge is 0.454 e. The zero-order valence-corrected chi connectivity index (χ0v) is 10.9. The van der Waals surface area contributed by atoms with Gasteiger partial charge in [-0.2, -0.15) is 0 Å². The standard InChI is InChI=1S/C16H10FNO3/c17-10-3-1-2-9(6-10)12-7-13(19)15-11(18-12)4-5-14-16(15)21-8-20-14/h1-6H,7-8H2. The fourth-order valence-corrected chi connectivity index (χ4v) is 2.58. The SMILES string of the molecule is O=C1CC(c2cccc(F)c2)=Nc2ccc3c(c21)OCO3. The zero-order chi connectivity index (χ0) is 14.4. The monoisotopic (exact) mass is 283 g/mol. The van der Waals surface area contributed by atoms with Crippen molar-refractivity contribution in [3.8, 4) is 11.5 Å². The molecule has 0 N–H and O–H groups in total. The lowest BCUT2D eigenvalue weighted by Crippen LogP contribution is -2.15. The molecule has 104 valence electrons. The highest BCUT2D eigenvalue weighted by atomic mass is 19.1. The van der Waals surface area contributed by atoms with Gasteiger partial charge in [0.05, 0.1) is 23.4 Å². The van der Waals surface area contributed by atoms with E-state index in [-0.39, 0.29) is 24.8 Å². The number of Topliss-reactive ketones (excluding diaryl/α,β-unsaturated/α-hetero) is 1. The van der Waals surface area contributed by atoms with Crippen molar-refractivity contribution in [2.24, 2.45) is 4.99 Å². The second-order valence-electron chi connectivity index (χ2n) is 4.86. The van der Waals surface area contributed by atoms with Crippen molar-refractivity contribution in [1.29, 1.82) is 0 Å². The minimum atomic E-state index is -0.348. The lowest BCUT2D eigenvalue weighted by atomic mass is 9.95. The van der Waals surface area contributed by atoms with Gasteiger partial charge in [-0.3, -0.25) is 9.79 Å². The van der Waals surface area contributed by atoms with Gasteiger partial charge in [0.25, 0.3) is 0 Å². The first-order valence-corrected chi connectivity index (χ1v) is 6.52. The predicted octanol–water partition coefficient (Wildman–Crippen LogP) is 3.26. The third kappa shape index (κ3) is 1.89. The van der Waals surface area contributed by atoms with Crippen molar-refractivity contribution >= 4 is 17.2 Å². The van der Waals surface area contributed by atoms with Gasteiger partial charge >= 0.3 is 0 Å². The lowest BCUT2D eigenvalue weighted by molar-refractivity contribution is 0.0995. The Labute approximate surface area is 119 Å². The Hall–Kier alpha value is -2.69. The average Bonchev–Trinajstić information content (AvgIpc) is 2.95. The summed E-state index contributed by atoms with van der Waals surface area (Å²) in [6.45, 7) is 0.111. The van der Waals surface area contributed by atoms with Crippen molar-refractivity contribution in [1.82, 2.24) is 0 Å². The van der Waals surface area contributed by atoms with Crippen molar-refractivity contribution in [2.45, 2.75) is 6.42 Å². The predicted molar refractivity (Wildman–Crippen MR) is 74.1 cm³/mol. The van der Waals surface area contributed by atoms with Crippen LogP contribution in [-0.4, -0.2) is 18.3 Å². The molecule has 0 fully saturated rings. The molecule has 0 spiro atoms. The van der Waals surface area contributed by atoms with E-state index in [1.165, 1.54) is 12.1 Å². The molecule has 0 radical (unpaired) electrons. The molecule has 2 aliphatic heterocycles. The maximum atomic E-state index is 13.3. The van der Waals surface area contributed by atoms with E-state index in [2.05, 4.69) is 4.99 Å². The normalized spacial score (nSPS) is 15.7. The highest BCUT2D eigenvalue weighted by Gasteiger charge is 2.29. The number of carbonyl (C=O) groups excluding carboxylic acids is 1. The highest BCUT2D eigenvalue weighted by molar-refractivity contribution is 6.22. The van der Waals surface area contributed by atoms with E-state index in [1.54, 1.807) is 24.3 Å². The Balaban J connectivity index is 1.86. The fraction of sp³-hybridized carbons (Fsp3) is 0.125. The molecule has 0 unspecified atom stereocenters. The summed E-state index contributed by atoms with van der Waals surface area (Å²) in [7, 11) is 0. The van der Waals surface area contributed by atoms with Crippen molar-refractivity contribution in [3.63, 3.8) is 0 Å². The number of ketones is 1. The Morgan fingerprint density at radius 2 is 2.05 bits per heavy atom. The molecule has 0 atom stereocenters. The average molecular weight is 283 g/mol. The van der Waals surface area contributed by atoms with E-state index in [4.69, 9.17) is 9.47 Å². The van der Waals surface area contributed by atoms with E-state index in [9.17, 15) is 9.18 Å². The summed E-state index contributed by atoms with van der Waals surface area (Å²) in [5.41, 5.74) is 2.16. The van der Waals surface area contributed by atoms with E-state index < -0.39 is 0 Å². The molecular formula is C16H10FNO3. The van der Waals surface area contributed by atoms with E-state index >= 15 is 0 Å². The van der Waals surface area contributed by atoms with Crippen molar-refractivity contribution < 1.29 is 18.7 Å². The number of hydrogen-bond donors (Lipinski definition) is 0. The maximum Gasteiger partial charge on any atom is 0.231 e. The molecular weight excluding hydrogens is 273 g/mol. The van der Waals surface area contributed by atoms with Gasteiger partial charge in [-0.1, -0.05) is 12.1 Å². The van der Waals surface area contributed by atoms with Gasteiger partial charge in [-0.25, -0.2) is 4.39 Å². The van der Waals surface area contributed by atoms with Gasteiger partial charge in [0.1, 0.15) is 5.82 Å². The molecule has 2 aromatic carbocycles. The highest BCUT2D eigenvalue weighted by Crippen LogP contribution is 2.43. The number of aliphatic imine (C=N–C) groups is 1. The van der Waals surface area contributed by atoms with Crippen LogP contribution in [0.25, 0.3) is 0 Å². The smallest absolute Gasteiger partial charge is 0.231 e. The second kappa shape index (κ2) is 4.41. The molecule has 0 bridgehead atoms. The Bertz CT molecular complexity index is 798. The molecule has 4 rings (SSSR count). The summed E-state index contributed by atoms with van der Waals surface area (Å²) in [4.78, 5) is 16.9. The zero-order valence-electron chi connectivity index (χ0n) is 10.9. The molecule has 5 heteroatoms. The molecule has 0 saturated heterocycles. The van der Waals surface area contributed by atoms with Crippen molar-refractivity contribution in [3.05, 3.63) is 53.3 Å². The van der Waals surface area contributed by atoms with E-state index in [0.29, 0.717) is 34.0 Å². The van der Waals surface area contributed by atoms with Crippen LogP contribution in [0.2, 0.25) is 0 Å². The maximum absolute atomic E-state index is 13.3. The Kier molecular flexibility index (Phi) is 2.54. The third-order valence-electron chi connectivity index (χ3n) is 3.54. The topological polar surface area (TPSA) is 47.9 Å². The first kappa shape index (κ1) is 12.1. The van der Waals surface area contributed by atoms with Gasteiger partial charge in [-0.05, 0) is 29.8 Å². The Morgan fingerprint density at radius 3 is 2.90 bits per heavy atom. The number of halogens is 1. The minimum Gasteiger partial charge on any atom is -0.454 e. The first-order valence-electron chi connectivity index (χ1n) is 6.52. The van der Waals surface area contributed by atoms with Gasteiger partial charge in [0.2, 0.25) is 6.79 Å². The van der Waals surface area contributed by atoms with Crippen LogP contribution in [0, 0.1) is 5.82 Å². The number of carbonyl (C=O) groups is 1. The van der Waals surface area contributed by atoms with E-state index in [1.807, 2.05) is 0 Å². The molecule has 0 aromatic heterocycles. The molecule has 2 heterocycles. The molecule has 4 nitrogen and oxygen atoms in total. The molecule has 0 aliphatic carbocycles. The van der Waals surface area contributed by atoms with Crippen LogP contribution in [-0.2, 0) is 0 Å². The minimum absolute atomic E-state index is 0.0957. The first-order chi connectivity index (χ1) is 10.2. The molecule has 0 saturated carbocycles. The van der Waals surface area contributed by atoms with Crippen LogP contribution in [0.3, 0.4) is 0 Å². The summed E-state index contributed by atoms with van der Waals surface area (Å²) < 4.78 is 23.9. The quantitative estimate of drug-likeness (QED) is 0.807. The van der Waals surface area contributed by atoms with Crippen LogP contribution in [0.5, 0.6) is 11.5 Å². The molecule has 0 amide bonds. The van der Waals surface area contributed by atoms with Crippen LogP contribution < -0.4 is 9.47 Å². The summed E-state index contributed by atoms with van der Waals surface area (Å²) in [5, 5.41) is 0. The third-order valence-corrected chi connectivity index (χ3v) is 3.54.